The van der Waals surface area contributed by atoms with E-state index in [1.807, 2.05) is 5.32 Å². The average molecular weight is 292 g/mol. The first kappa shape index (κ1) is 15.7. The van der Waals surface area contributed by atoms with Crippen molar-refractivity contribution in [3.63, 3.8) is 0 Å². The maximum atomic E-state index is 11.9. The summed E-state index contributed by atoms with van der Waals surface area (Å²) in [4.78, 5) is 21.2. The summed E-state index contributed by atoms with van der Waals surface area (Å²) in [5.41, 5.74) is 0.620. The second-order valence-electron chi connectivity index (χ2n) is 4.03. The lowest BCUT2D eigenvalue weighted by Crippen LogP contribution is -2.23. The van der Waals surface area contributed by atoms with E-state index in [0.29, 0.717) is 11.1 Å². The van der Waals surface area contributed by atoms with Gasteiger partial charge in [0, 0.05) is 6.07 Å². The molecule has 20 heavy (non-hydrogen) atoms. The summed E-state index contributed by atoms with van der Waals surface area (Å²) in [6.07, 6.45) is -6.07. The van der Waals surface area contributed by atoms with Crippen LogP contribution in [0.15, 0.2) is 12.1 Å². The Bertz CT molecular complexity index is 543. The zero-order chi connectivity index (χ0) is 15.5. The molecule has 0 radical (unpaired) electrons. The van der Waals surface area contributed by atoms with Crippen molar-refractivity contribution < 1.29 is 27.6 Å². The minimum absolute atomic E-state index is 0.217. The molecule has 0 aliphatic carbocycles. The highest BCUT2D eigenvalue weighted by molar-refractivity contribution is 5.88. The van der Waals surface area contributed by atoms with Gasteiger partial charge in [0.15, 0.2) is 6.61 Å². The van der Waals surface area contributed by atoms with Crippen molar-refractivity contribution in [1.29, 1.82) is 0 Å². The van der Waals surface area contributed by atoms with Crippen LogP contribution in [-0.4, -0.2) is 23.8 Å². The predicted molar refractivity (Wildman–Crippen MR) is 63.6 cm³/mol. The molecule has 1 aromatic carbocycles. The predicted octanol–water partition coefficient (Wildman–Crippen LogP) is 3.32. The van der Waals surface area contributed by atoms with Crippen molar-refractivity contribution in [2.75, 3.05) is 11.9 Å². The lowest BCUT2D eigenvalue weighted by atomic mass is 10.1. The van der Waals surface area contributed by atoms with Gasteiger partial charge in [0.2, 0.25) is 0 Å². The smallest absolute Gasteiger partial charge is 0.422 e. The van der Waals surface area contributed by atoms with Gasteiger partial charge in [-0.3, -0.25) is 15.4 Å². The maximum absolute atomic E-state index is 11.9. The number of aryl methyl sites for hydroxylation is 2. The highest BCUT2D eigenvalue weighted by Crippen LogP contribution is 2.28. The molecule has 6 nitrogen and oxygen atoms in total. The van der Waals surface area contributed by atoms with E-state index >= 15 is 0 Å². The molecule has 0 aliphatic heterocycles. The number of amides is 1. The van der Waals surface area contributed by atoms with E-state index in [-0.39, 0.29) is 5.69 Å². The molecule has 1 rings (SSSR count). The Morgan fingerprint density at radius 2 is 1.90 bits per heavy atom. The standard InChI is InChI=1S/C11H11F3N2O4/c1-6-3-8(9(16(18)19)4-7(6)2)15-10(17)20-5-11(12,13)14/h3-4H,5H2,1-2H3,(H,15,17). The SMILES string of the molecule is Cc1cc(NC(=O)OCC(F)(F)F)c([N+](=O)[O-])cc1C. The van der Waals surface area contributed by atoms with E-state index in [4.69, 9.17) is 0 Å². The monoisotopic (exact) mass is 292 g/mol. The minimum Gasteiger partial charge on any atom is -0.440 e. The van der Waals surface area contributed by atoms with Crippen molar-refractivity contribution in [3.05, 3.63) is 33.4 Å². The number of benzene rings is 1. The van der Waals surface area contributed by atoms with E-state index in [0.717, 1.165) is 0 Å². The van der Waals surface area contributed by atoms with Gasteiger partial charge in [-0.15, -0.1) is 0 Å². The van der Waals surface area contributed by atoms with Gasteiger partial charge in [0.1, 0.15) is 5.69 Å². The van der Waals surface area contributed by atoms with Crippen LogP contribution >= 0.6 is 0 Å². The van der Waals surface area contributed by atoms with E-state index in [2.05, 4.69) is 4.74 Å². The molecule has 1 aromatic rings. The molecule has 0 saturated heterocycles. The van der Waals surface area contributed by atoms with Crippen LogP contribution in [0.25, 0.3) is 0 Å². The highest BCUT2D eigenvalue weighted by atomic mass is 19.4. The number of nitrogens with one attached hydrogen (secondary N) is 1. The normalized spacial score (nSPS) is 11.1. The fourth-order valence-corrected chi connectivity index (χ4v) is 1.35. The van der Waals surface area contributed by atoms with Crippen molar-refractivity contribution in [1.82, 2.24) is 0 Å². The summed E-state index contributed by atoms with van der Waals surface area (Å²) in [5, 5.41) is 12.7. The number of nitro benzene ring substituents is 1. The lowest BCUT2D eigenvalue weighted by molar-refractivity contribution is -0.384. The number of hydrogen-bond donors (Lipinski definition) is 1. The van der Waals surface area contributed by atoms with Gasteiger partial charge in [0.05, 0.1) is 4.92 Å². The number of anilines is 1. The number of hydrogen-bond acceptors (Lipinski definition) is 4. The molecule has 1 N–H and O–H groups in total. The zero-order valence-electron chi connectivity index (χ0n) is 10.6. The molecule has 0 spiro atoms. The maximum Gasteiger partial charge on any atom is 0.422 e. The molecule has 0 aromatic heterocycles. The number of nitrogens with zero attached hydrogens (tertiary/aromatic N) is 1. The summed E-state index contributed by atoms with van der Waals surface area (Å²) in [5.74, 6) is 0. The van der Waals surface area contributed by atoms with Gasteiger partial charge in [-0.25, -0.2) is 4.79 Å². The third-order valence-electron chi connectivity index (χ3n) is 2.41. The van der Waals surface area contributed by atoms with Gasteiger partial charge < -0.3 is 4.74 Å². The third-order valence-corrected chi connectivity index (χ3v) is 2.41. The third kappa shape index (κ3) is 4.41. The van der Waals surface area contributed by atoms with Gasteiger partial charge in [-0.05, 0) is 31.0 Å². The van der Waals surface area contributed by atoms with Crippen LogP contribution in [-0.2, 0) is 4.74 Å². The zero-order valence-corrected chi connectivity index (χ0v) is 10.6. The first-order valence-electron chi connectivity index (χ1n) is 5.36. The van der Waals surface area contributed by atoms with Crippen LogP contribution in [0.4, 0.5) is 29.3 Å². The summed E-state index contributed by atoms with van der Waals surface area (Å²) in [6, 6.07) is 2.51. The van der Waals surface area contributed by atoms with Crippen LogP contribution in [0.5, 0.6) is 0 Å². The first-order chi connectivity index (χ1) is 9.10. The van der Waals surface area contributed by atoms with Gasteiger partial charge in [0.25, 0.3) is 5.69 Å². The average Bonchev–Trinajstić information content (AvgIpc) is 2.29. The number of carbonyl (C=O) groups excluding carboxylic acids is 1. The molecule has 0 heterocycles. The Morgan fingerprint density at radius 1 is 1.35 bits per heavy atom. The van der Waals surface area contributed by atoms with Gasteiger partial charge >= 0.3 is 12.3 Å². The van der Waals surface area contributed by atoms with Crippen molar-refractivity contribution in [2.45, 2.75) is 20.0 Å². The number of carbonyl (C=O) groups is 1. The molecule has 9 heteroatoms. The molecule has 0 saturated carbocycles. The molecule has 0 unspecified atom stereocenters. The van der Waals surface area contributed by atoms with E-state index < -0.39 is 29.5 Å². The van der Waals surface area contributed by atoms with Crippen LogP contribution in [0, 0.1) is 24.0 Å². The Labute approximate surface area is 111 Å². The molecule has 0 atom stereocenters. The number of ether oxygens (including phenoxy) is 1. The Hall–Kier alpha value is -2.32. The molecule has 0 fully saturated rings. The second-order valence-corrected chi connectivity index (χ2v) is 4.03. The summed E-state index contributed by atoms with van der Waals surface area (Å²) in [6.45, 7) is 1.51. The summed E-state index contributed by atoms with van der Waals surface area (Å²) in [7, 11) is 0. The van der Waals surface area contributed by atoms with E-state index in [1.54, 1.807) is 13.8 Å². The molecular formula is C11H11F3N2O4. The first-order valence-corrected chi connectivity index (χ1v) is 5.36. The van der Waals surface area contributed by atoms with Crippen LogP contribution in [0.3, 0.4) is 0 Å². The van der Waals surface area contributed by atoms with Crippen molar-refractivity contribution in [2.24, 2.45) is 0 Å². The highest BCUT2D eigenvalue weighted by Gasteiger charge is 2.30. The van der Waals surface area contributed by atoms with Crippen LogP contribution in [0.1, 0.15) is 11.1 Å². The number of rotatable bonds is 3. The Kier molecular flexibility index (Phi) is 4.53. The number of nitro groups is 1. The Balaban J connectivity index is 2.89. The van der Waals surface area contributed by atoms with Gasteiger partial charge in [-0.1, -0.05) is 0 Å². The lowest BCUT2D eigenvalue weighted by Gasteiger charge is -2.10. The van der Waals surface area contributed by atoms with Crippen LogP contribution < -0.4 is 5.32 Å². The Morgan fingerprint density at radius 3 is 2.40 bits per heavy atom. The summed E-state index contributed by atoms with van der Waals surface area (Å²) >= 11 is 0. The quantitative estimate of drug-likeness (QED) is 0.684. The van der Waals surface area contributed by atoms with E-state index in [9.17, 15) is 28.1 Å². The fourth-order valence-electron chi connectivity index (χ4n) is 1.35. The van der Waals surface area contributed by atoms with E-state index in [1.165, 1.54) is 12.1 Å². The fraction of sp³-hybridized carbons (Fsp3) is 0.364. The molecular weight excluding hydrogens is 281 g/mol. The molecule has 1 amide bonds. The minimum atomic E-state index is -4.66. The van der Waals surface area contributed by atoms with Crippen molar-refractivity contribution >= 4 is 17.5 Å². The molecule has 110 valence electrons. The molecule has 0 aliphatic rings. The van der Waals surface area contributed by atoms with Crippen LogP contribution in [0.2, 0.25) is 0 Å². The van der Waals surface area contributed by atoms with Crippen molar-refractivity contribution in [3.8, 4) is 0 Å². The number of halogens is 3. The molecule has 0 bridgehead atoms. The topological polar surface area (TPSA) is 81.5 Å². The van der Waals surface area contributed by atoms with Gasteiger partial charge in [-0.2, -0.15) is 13.2 Å². The number of alkyl halides is 3. The summed E-state index contributed by atoms with van der Waals surface area (Å²) < 4.78 is 39.5. The second kappa shape index (κ2) is 5.76. The largest absolute Gasteiger partial charge is 0.440 e.